The Kier molecular flexibility index (Phi) is 9.21. The number of piperazine rings is 1. The van der Waals surface area contributed by atoms with Crippen LogP contribution in [0.2, 0.25) is 5.02 Å². The molecule has 0 amide bonds. The molecule has 232 valence electrons. The number of aryl methyl sites for hydroxylation is 2. The summed E-state index contributed by atoms with van der Waals surface area (Å²) in [5, 5.41) is 4.88. The number of benzene rings is 2. The summed E-state index contributed by atoms with van der Waals surface area (Å²) in [4.78, 5) is 31.7. The molecule has 44 heavy (non-hydrogen) atoms. The molecule has 2 fully saturated rings. The molecule has 6 rings (SSSR count). The number of likely N-dealkylation sites (N-methyl/N-ethyl adjacent to an activating group) is 1. The van der Waals surface area contributed by atoms with E-state index in [0.717, 1.165) is 93.8 Å². The first-order valence-electron chi connectivity index (χ1n) is 16.1. The molecule has 4 heterocycles. The van der Waals surface area contributed by atoms with Gasteiger partial charge in [-0.3, -0.25) is 9.36 Å². The number of rotatable bonds is 8. The van der Waals surface area contributed by atoms with Gasteiger partial charge in [-0.25, -0.2) is 4.98 Å². The lowest BCUT2D eigenvalue weighted by atomic mass is 9.98. The summed E-state index contributed by atoms with van der Waals surface area (Å²) in [7, 11) is 0. The molecule has 1 atom stereocenters. The summed E-state index contributed by atoms with van der Waals surface area (Å²) >= 11 is 6.66. The highest BCUT2D eigenvalue weighted by molar-refractivity contribution is 6.33. The minimum Gasteiger partial charge on any atom is -0.369 e. The number of nitrogens with one attached hydrogen (secondary N) is 1. The molecule has 0 bridgehead atoms. The maximum Gasteiger partial charge on any atom is 0.260 e. The minimum atomic E-state index is -0.0422. The zero-order chi connectivity index (χ0) is 30.8. The van der Waals surface area contributed by atoms with E-state index in [1.807, 2.05) is 42.0 Å². The van der Waals surface area contributed by atoms with Crippen molar-refractivity contribution in [2.24, 2.45) is 0 Å². The number of likely N-dealkylation sites (tertiary alicyclic amines) is 1. The normalized spacial score (nSPS) is 18.2. The maximum absolute atomic E-state index is 14.5. The Labute approximate surface area is 265 Å². The van der Waals surface area contributed by atoms with Gasteiger partial charge in [-0.05, 0) is 88.1 Å². The van der Waals surface area contributed by atoms with Gasteiger partial charge < -0.3 is 20.0 Å². The fourth-order valence-electron chi connectivity index (χ4n) is 7.00. The predicted molar refractivity (Wildman–Crippen MR) is 183 cm³/mol. The van der Waals surface area contributed by atoms with Gasteiger partial charge in [-0.2, -0.15) is 4.98 Å². The fourth-order valence-corrected chi connectivity index (χ4v) is 7.23. The van der Waals surface area contributed by atoms with E-state index in [-0.39, 0.29) is 11.6 Å². The molecule has 2 aliphatic heterocycles. The largest absolute Gasteiger partial charge is 0.369 e. The topological polar surface area (TPSA) is 69.5 Å². The van der Waals surface area contributed by atoms with E-state index in [1.54, 1.807) is 0 Å². The van der Waals surface area contributed by atoms with Gasteiger partial charge in [-0.1, -0.05) is 43.6 Å². The summed E-state index contributed by atoms with van der Waals surface area (Å²) in [5.74, 6) is 0.487. The summed E-state index contributed by atoms with van der Waals surface area (Å²) in [6.07, 6.45) is 4.92. The quantitative estimate of drug-likeness (QED) is 0.238. The van der Waals surface area contributed by atoms with Crippen molar-refractivity contribution in [3.05, 3.63) is 75.2 Å². The zero-order valence-corrected chi connectivity index (χ0v) is 27.2. The Morgan fingerprint density at radius 2 is 1.80 bits per heavy atom. The van der Waals surface area contributed by atoms with Crippen molar-refractivity contribution < 1.29 is 0 Å². The average molecular weight is 614 g/mol. The molecule has 2 aromatic carbocycles. The van der Waals surface area contributed by atoms with E-state index in [9.17, 15) is 4.79 Å². The van der Waals surface area contributed by atoms with Crippen LogP contribution in [0.25, 0.3) is 22.2 Å². The smallest absolute Gasteiger partial charge is 0.260 e. The van der Waals surface area contributed by atoms with Crippen molar-refractivity contribution in [3.63, 3.8) is 0 Å². The van der Waals surface area contributed by atoms with E-state index in [1.165, 1.54) is 11.3 Å². The maximum atomic E-state index is 14.5. The molecule has 9 heteroatoms. The molecular weight excluding hydrogens is 570 g/mol. The third-order valence-electron chi connectivity index (χ3n) is 9.35. The van der Waals surface area contributed by atoms with Gasteiger partial charge in [0.25, 0.3) is 5.56 Å². The lowest BCUT2D eigenvalue weighted by molar-refractivity contribution is 0.178. The van der Waals surface area contributed by atoms with Crippen molar-refractivity contribution in [2.75, 3.05) is 62.6 Å². The number of aromatic nitrogens is 3. The monoisotopic (exact) mass is 613 g/mol. The Bertz CT molecular complexity index is 1690. The van der Waals surface area contributed by atoms with Crippen LogP contribution in [0.3, 0.4) is 0 Å². The number of hydrogen-bond acceptors (Lipinski definition) is 7. The number of anilines is 3. The highest BCUT2D eigenvalue weighted by Gasteiger charge is 2.27. The third-order valence-corrected chi connectivity index (χ3v) is 9.68. The molecule has 0 unspecified atom stereocenters. The van der Waals surface area contributed by atoms with Crippen molar-refractivity contribution in [1.29, 1.82) is 0 Å². The van der Waals surface area contributed by atoms with Gasteiger partial charge in [-0.15, -0.1) is 0 Å². The number of pyridine rings is 1. The van der Waals surface area contributed by atoms with Crippen LogP contribution < -0.4 is 15.8 Å². The van der Waals surface area contributed by atoms with Crippen molar-refractivity contribution >= 4 is 40.0 Å². The molecule has 0 spiro atoms. The Morgan fingerprint density at radius 3 is 2.52 bits per heavy atom. The fraction of sp³-hybridized carbons (Fsp3) is 0.457. The predicted octanol–water partition coefficient (Wildman–Crippen LogP) is 6.66. The molecule has 8 nitrogen and oxygen atoms in total. The van der Waals surface area contributed by atoms with Crippen molar-refractivity contribution in [3.8, 4) is 11.1 Å². The Morgan fingerprint density at radius 1 is 1.00 bits per heavy atom. The van der Waals surface area contributed by atoms with E-state index in [4.69, 9.17) is 21.6 Å². The standard InChI is InChI=1S/C35H44ClN7O/c1-5-15-41-16-9-10-27(23-41)43-33-29(25(4)32(34(43)44)28-11-7-8-12-30(28)36)22-37-35(39-33)38-26-13-14-31(24(3)21-26)42-19-17-40(6-2)18-20-42/h7-8,11-14,21-22,27H,5-6,9-10,15-20,23H2,1-4H3,(H,37,38,39)/t27-/m0/s1. The molecule has 2 aromatic heterocycles. The number of piperidine rings is 1. The van der Waals surface area contributed by atoms with Crippen molar-refractivity contribution in [1.82, 2.24) is 24.3 Å². The minimum absolute atomic E-state index is 0.0181. The Balaban J connectivity index is 1.38. The van der Waals surface area contributed by atoms with Gasteiger partial charge in [0.2, 0.25) is 5.95 Å². The van der Waals surface area contributed by atoms with E-state index in [2.05, 4.69) is 59.0 Å². The molecule has 0 radical (unpaired) electrons. The van der Waals surface area contributed by atoms with Gasteiger partial charge in [0, 0.05) is 66.3 Å². The lowest BCUT2D eigenvalue weighted by Crippen LogP contribution is -2.46. The highest BCUT2D eigenvalue weighted by atomic mass is 35.5. The summed E-state index contributed by atoms with van der Waals surface area (Å²) < 4.78 is 1.93. The first-order chi connectivity index (χ1) is 21.4. The number of hydrogen-bond donors (Lipinski definition) is 1. The van der Waals surface area contributed by atoms with E-state index in [0.29, 0.717) is 22.2 Å². The van der Waals surface area contributed by atoms with Crippen molar-refractivity contribution in [2.45, 2.75) is 53.0 Å². The number of nitrogens with zero attached hydrogens (tertiary/aromatic N) is 6. The van der Waals surface area contributed by atoms with Crippen LogP contribution in [-0.4, -0.2) is 76.7 Å². The van der Waals surface area contributed by atoms with Crippen LogP contribution in [-0.2, 0) is 0 Å². The first kappa shape index (κ1) is 30.6. The lowest BCUT2D eigenvalue weighted by Gasteiger charge is -2.36. The van der Waals surface area contributed by atoms with Gasteiger partial charge in [0.05, 0.1) is 11.6 Å². The SMILES string of the molecule is CCCN1CCC[C@H](n2c(=O)c(-c3ccccc3Cl)c(C)c3cnc(Nc4ccc(N5CCN(CC)CC5)c(C)c4)nc32)C1. The van der Waals surface area contributed by atoms with Crippen LogP contribution >= 0.6 is 11.6 Å². The van der Waals surface area contributed by atoms with Crippen LogP contribution in [0.4, 0.5) is 17.3 Å². The van der Waals surface area contributed by atoms with Gasteiger partial charge in [0.15, 0.2) is 0 Å². The first-order valence-corrected chi connectivity index (χ1v) is 16.5. The second kappa shape index (κ2) is 13.3. The van der Waals surface area contributed by atoms with Crippen LogP contribution in [0, 0.1) is 13.8 Å². The molecule has 2 aliphatic rings. The molecule has 0 saturated carbocycles. The summed E-state index contributed by atoms with van der Waals surface area (Å²) in [5.41, 5.74) is 6.29. The third kappa shape index (κ3) is 6.08. The molecule has 2 saturated heterocycles. The summed E-state index contributed by atoms with van der Waals surface area (Å²) in [6.45, 7) is 16.9. The van der Waals surface area contributed by atoms with E-state index >= 15 is 0 Å². The average Bonchev–Trinajstić information content (AvgIpc) is 3.02. The highest BCUT2D eigenvalue weighted by Crippen LogP contribution is 2.34. The molecule has 4 aromatic rings. The molecular formula is C35H44ClN7O. The van der Waals surface area contributed by atoms with E-state index < -0.39 is 0 Å². The zero-order valence-electron chi connectivity index (χ0n) is 26.4. The number of halogens is 1. The van der Waals surface area contributed by atoms with Crippen LogP contribution in [0.15, 0.2) is 53.5 Å². The summed E-state index contributed by atoms with van der Waals surface area (Å²) in [6, 6.07) is 14.1. The molecule has 1 N–H and O–H groups in total. The van der Waals surface area contributed by atoms with Crippen LogP contribution in [0.1, 0.15) is 50.3 Å². The second-order valence-corrected chi connectivity index (χ2v) is 12.6. The molecule has 0 aliphatic carbocycles. The second-order valence-electron chi connectivity index (χ2n) is 12.2. The van der Waals surface area contributed by atoms with Gasteiger partial charge in [0.1, 0.15) is 5.65 Å². The van der Waals surface area contributed by atoms with Gasteiger partial charge >= 0.3 is 0 Å². The number of fused-ring (bicyclic) bond motifs is 1. The Hall–Kier alpha value is -3.46. The van der Waals surface area contributed by atoms with Crippen LogP contribution in [0.5, 0.6) is 0 Å².